The number of sulfone groups is 1. The number of benzene rings is 1. The number of hydrogen-bond acceptors (Lipinski definition) is 3. The van der Waals surface area contributed by atoms with Crippen LogP contribution in [0.4, 0.5) is 8.78 Å². The van der Waals surface area contributed by atoms with Crippen LogP contribution in [0.1, 0.15) is 25.7 Å². The Kier molecular flexibility index (Phi) is 3.85. The van der Waals surface area contributed by atoms with E-state index >= 15 is 0 Å². The summed E-state index contributed by atoms with van der Waals surface area (Å²) in [6.07, 6.45) is 3.00. The quantitative estimate of drug-likeness (QED) is 0.858. The molecule has 2 rings (SSSR count). The number of nitrogens with zero attached hydrogens (tertiary/aromatic N) is 1. The highest BCUT2D eigenvalue weighted by molar-refractivity contribution is 7.92. The first-order chi connectivity index (χ1) is 8.96. The van der Waals surface area contributed by atoms with Crippen LogP contribution in [0.25, 0.3) is 0 Å². The van der Waals surface area contributed by atoms with E-state index in [0.717, 1.165) is 25.0 Å². The van der Waals surface area contributed by atoms with Gasteiger partial charge in [0.1, 0.15) is 16.5 Å². The molecule has 0 heterocycles. The van der Waals surface area contributed by atoms with E-state index in [9.17, 15) is 17.2 Å². The van der Waals surface area contributed by atoms with Gasteiger partial charge in [-0.25, -0.2) is 17.2 Å². The van der Waals surface area contributed by atoms with E-state index in [1.165, 1.54) is 0 Å². The van der Waals surface area contributed by atoms with Crippen molar-refractivity contribution < 1.29 is 17.2 Å². The van der Waals surface area contributed by atoms with Crippen molar-refractivity contribution in [1.82, 2.24) is 0 Å². The first-order valence-corrected chi connectivity index (χ1v) is 7.60. The van der Waals surface area contributed by atoms with Crippen molar-refractivity contribution >= 4 is 9.84 Å². The van der Waals surface area contributed by atoms with E-state index in [2.05, 4.69) is 0 Å². The SMILES string of the molecule is N#CC(C1CCCC1)S(=O)(=O)c1cc(F)ccc1F. The molecule has 0 aliphatic heterocycles. The zero-order chi connectivity index (χ0) is 14.0. The van der Waals surface area contributed by atoms with E-state index < -0.39 is 31.6 Å². The molecule has 3 nitrogen and oxygen atoms in total. The normalized spacial score (nSPS) is 18.2. The summed E-state index contributed by atoms with van der Waals surface area (Å²) in [7, 11) is -4.16. The molecule has 0 bridgehead atoms. The van der Waals surface area contributed by atoms with Gasteiger partial charge in [0, 0.05) is 0 Å². The van der Waals surface area contributed by atoms with Crippen molar-refractivity contribution in [2.75, 3.05) is 0 Å². The van der Waals surface area contributed by atoms with Crippen molar-refractivity contribution in [3.63, 3.8) is 0 Å². The Bertz CT molecular complexity index is 616. The molecule has 0 saturated heterocycles. The van der Waals surface area contributed by atoms with Crippen LogP contribution in [0.5, 0.6) is 0 Å². The van der Waals surface area contributed by atoms with Crippen LogP contribution >= 0.6 is 0 Å². The van der Waals surface area contributed by atoms with Gasteiger partial charge in [-0.05, 0) is 37.0 Å². The maximum absolute atomic E-state index is 13.6. The lowest BCUT2D eigenvalue weighted by atomic mass is 10.1. The lowest BCUT2D eigenvalue weighted by molar-refractivity contribution is 0.514. The highest BCUT2D eigenvalue weighted by Crippen LogP contribution is 2.34. The Morgan fingerprint density at radius 2 is 1.89 bits per heavy atom. The number of nitriles is 1. The van der Waals surface area contributed by atoms with Crippen LogP contribution in [0.15, 0.2) is 23.1 Å². The van der Waals surface area contributed by atoms with Crippen LogP contribution in [-0.4, -0.2) is 13.7 Å². The lowest BCUT2D eigenvalue weighted by Gasteiger charge is -2.17. The summed E-state index contributed by atoms with van der Waals surface area (Å²) < 4.78 is 51.3. The van der Waals surface area contributed by atoms with Gasteiger partial charge in [-0.1, -0.05) is 12.8 Å². The van der Waals surface area contributed by atoms with E-state index in [1.807, 2.05) is 0 Å². The number of hydrogen-bond donors (Lipinski definition) is 0. The number of halogens is 2. The summed E-state index contributed by atoms with van der Waals surface area (Å²) in [5, 5.41) is 7.80. The highest BCUT2D eigenvalue weighted by atomic mass is 32.2. The maximum atomic E-state index is 13.6. The predicted molar refractivity (Wildman–Crippen MR) is 64.9 cm³/mol. The van der Waals surface area contributed by atoms with Crippen molar-refractivity contribution in [2.45, 2.75) is 35.8 Å². The van der Waals surface area contributed by atoms with Crippen molar-refractivity contribution in [3.05, 3.63) is 29.8 Å². The maximum Gasteiger partial charge on any atom is 0.197 e. The molecule has 0 radical (unpaired) electrons. The highest BCUT2D eigenvalue weighted by Gasteiger charge is 2.38. The molecule has 1 aliphatic rings. The van der Waals surface area contributed by atoms with Crippen LogP contribution in [0.3, 0.4) is 0 Å². The van der Waals surface area contributed by atoms with Gasteiger partial charge in [-0.2, -0.15) is 5.26 Å². The van der Waals surface area contributed by atoms with Gasteiger partial charge in [0.25, 0.3) is 0 Å². The number of rotatable bonds is 3. The molecule has 0 spiro atoms. The Balaban J connectivity index is 2.46. The molecule has 0 aromatic heterocycles. The summed E-state index contributed by atoms with van der Waals surface area (Å²) >= 11 is 0. The standard InChI is InChI=1S/C13H13F2NO2S/c14-10-5-6-11(15)12(7-10)19(17,18)13(8-16)9-3-1-2-4-9/h5-7,9,13H,1-4H2. The molecule has 1 unspecified atom stereocenters. The summed E-state index contributed by atoms with van der Waals surface area (Å²) in [6.45, 7) is 0. The largest absolute Gasteiger partial charge is 0.222 e. The smallest absolute Gasteiger partial charge is 0.197 e. The van der Waals surface area contributed by atoms with Gasteiger partial charge in [0.05, 0.1) is 6.07 Å². The van der Waals surface area contributed by atoms with Gasteiger partial charge in [-0.15, -0.1) is 0 Å². The monoisotopic (exact) mass is 285 g/mol. The van der Waals surface area contributed by atoms with Gasteiger partial charge < -0.3 is 0 Å². The molecular weight excluding hydrogens is 272 g/mol. The molecule has 0 amide bonds. The molecule has 102 valence electrons. The second-order valence-corrected chi connectivity index (χ2v) is 6.75. The molecule has 0 N–H and O–H groups in total. The van der Waals surface area contributed by atoms with Gasteiger partial charge in [0.15, 0.2) is 15.1 Å². The minimum atomic E-state index is -4.16. The second-order valence-electron chi connectivity index (χ2n) is 4.71. The Morgan fingerprint density at radius 1 is 1.26 bits per heavy atom. The topological polar surface area (TPSA) is 57.9 Å². The lowest BCUT2D eigenvalue weighted by Crippen LogP contribution is -2.28. The van der Waals surface area contributed by atoms with E-state index in [0.29, 0.717) is 18.9 Å². The van der Waals surface area contributed by atoms with Gasteiger partial charge >= 0.3 is 0 Å². The van der Waals surface area contributed by atoms with Crippen LogP contribution < -0.4 is 0 Å². The van der Waals surface area contributed by atoms with Gasteiger partial charge in [-0.3, -0.25) is 0 Å². The average Bonchev–Trinajstić information content (AvgIpc) is 2.86. The molecule has 6 heteroatoms. The third-order valence-corrected chi connectivity index (χ3v) is 5.57. The summed E-state index contributed by atoms with van der Waals surface area (Å²) in [5.41, 5.74) is 0. The molecule has 1 fully saturated rings. The fourth-order valence-corrected chi connectivity index (χ4v) is 4.33. The Labute approximate surface area is 110 Å². The Morgan fingerprint density at radius 3 is 2.47 bits per heavy atom. The first kappa shape index (κ1) is 13.9. The van der Waals surface area contributed by atoms with Crippen molar-refractivity contribution in [2.24, 2.45) is 5.92 Å². The minimum Gasteiger partial charge on any atom is -0.222 e. The third kappa shape index (κ3) is 2.61. The molecule has 1 saturated carbocycles. The van der Waals surface area contributed by atoms with Gasteiger partial charge in [0.2, 0.25) is 0 Å². The fraction of sp³-hybridized carbons (Fsp3) is 0.462. The third-order valence-electron chi connectivity index (χ3n) is 3.49. The minimum absolute atomic E-state index is 0.294. The Hall–Kier alpha value is -1.48. The summed E-state index contributed by atoms with van der Waals surface area (Å²) in [6, 6.07) is 4.02. The summed E-state index contributed by atoms with van der Waals surface area (Å²) in [5.74, 6) is -2.14. The van der Waals surface area contributed by atoms with E-state index in [4.69, 9.17) is 5.26 Å². The van der Waals surface area contributed by atoms with E-state index in [1.54, 1.807) is 6.07 Å². The van der Waals surface area contributed by atoms with E-state index in [-0.39, 0.29) is 5.92 Å². The van der Waals surface area contributed by atoms with Crippen LogP contribution in [-0.2, 0) is 9.84 Å². The van der Waals surface area contributed by atoms with Crippen LogP contribution in [0, 0.1) is 28.9 Å². The van der Waals surface area contributed by atoms with Crippen LogP contribution in [0.2, 0.25) is 0 Å². The molecule has 1 aromatic rings. The molecule has 1 atom stereocenters. The average molecular weight is 285 g/mol. The first-order valence-electron chi connectivity index (χ1n) is 6.05. The molecular formula is C13H13F2NO2S. The molecule has 19 heavy (non-hydrogen) atoms. The second kappa shape index (κ2) is 5.25. The fourth-order valence-electron chi connectivity index (χ4n) is 2.52. The van der Waals surface area contributed by atoms with Crippen molar-refractivity contribution in [3.8, 4) is 6.07 Å². The summed E-state index contributed by atoms with van der Waals surface area (Å²) in [4.78, 5) is -0.717. The molecule has 1 aliphatic carbocycles. The van der Waals surface area contributed by atoms with Crippen molar-refractivity contribution in [1.29, 1.82) is 5.26 Å². The predicted octanol–water partition coefficient (Wildman–Crippen LogP) is 2.82. The zero-order valence-corrected chi connectivity index (χ0v) is 11.0. The zero-order valence-electron chi connectivity index (χ0n) is 10.1. The molecule has 1 aromatic carbocycles.